The number of hydrogen-bond acceptors (Lipinski definition) is 4. The molecule has 2 spiro atoms. The predicted molar refractivity (Wildman–Crippen MR) is 99.9 cm³/mol. The highest BCUT2D eigenvalue weighted by Gasteiger charge is 2.54. The van der Waals surface area contributed by atoms with Gasteiger partial charge in [0, 0.05) is 36.0 Å². The molecule has 0 bridgehead atoms. The molecule has 2 aliphatic heterocycles. The summed E-state index contributed by atoms with van der Waals surface area (Å²) in [5, 5.41) is 0. The zero-order valence-corrected chi connectivity index (χ0v) is 16.4. The van der Waals surface area contributed by atoms with Crippen molar-refractivity contribution in [3.63, 3.8) is 0 Å². The molecule has 3 heterocycles. The molecule has 2 saturated heterocycles. The van der Waals surface area contributed by atoms with Crippen LogP contribution in [0.2, 0.25) is 0 Å². The number of rotatable bonds is 2. The number of ether oxygens (including phenoxy) is 1. The summed E-state index contributed by atoms with van der Waals surface area (Å²) in [4.78, 5) is 30.7. The Morgan fingerprint density at radius 1 is 1.18 bits per heavy atom. The first-order chi connectivity index (χ1) is 13.4. The van der Waals surface area contributed by atoms with E-state index >= 15 is 0 Å². The molecule has 2 aliphatic carbocycles. The lowest BCUT2D eigenvalue weighted by Gasteiger charge is -2.53. The number of aryl methyl sites for hydroxylation is 1. The van der Waals surface area contributed by atoms with E-state index in [1.807, 2.05) is 11.0 Å². The van der Waals surface area contributed by atoms with Gasteiger partial charge in [-0.25, -0.2) is 4.39 Å². The van der Waals surface area contributed by atoms with Crippen molar-refractivity contribution in [3.05, 3.63) is 29.3 Å². The number of nitrogens with zero attached hydrogens (tertiary/aromatic N) is 2. The van der Waals surface area contributed by atoms with Crippen molar-refractivity contribution in [1.82, 2.24) is 9.88 Å². The lowest BCUT2D eigenvalue weighted by Crippen LogP contribution is -2.52. The van der Waals surface area contributed by atoms with Gasteiger partial charge < -0.3 is 9.64 Å². The first kappa shape index (κ1) is 18.1. The fourth-order valence-corrected chi connectivity index (χ4v) is 5.92. The van der Waals surface area contributed by atoms with Crippen molar-refractivity contribution >= 4 is 11.9 Å². The molecular weight excluding hydrogens is 359 g/mol. The molecule has 0 N–H and O–H groups in total. The zero-order chi connectivity index (χ0) is 19.5. The Balaban J connectivity index is 1.12. The number of cyclic esters (lactones) is 1. The molecule has 5 rings (SSSR count). The number of halogens is 1. The van der Waals surface area contributed by atoms with Crippen LogP contribution >= 0.6 is 0 Å². The number of piperidine rings is 1. The molecule has 0 unspecified atom stereocenters. The van der Waals surface area contributed by atoms with Gasteiger partial charge in [-0.2, -0.15) is 0 Å². The molecule has 0 aromatic carbocycles. The molecule has 4 fully saturated rings. The number of pyridine rings is 1. The summed E-state index contributed by atoms with van der Waals surface area (Å²) in [5.41, 5.74) is 1.77. The standard InChI is InChI=1S/C22H27FN2O3/c1-14-17(23)2-3-18(24-14)15-8-21(9-15)4-6-25(7-5-21)20(27)16-10-22(11-16)12-19(26)28-13-22/h2-3,15-16H,4-13H2,1H3. The molecular formula is C22H27FN2O3. The average Bonchev–Trinajstić information content (AvgIpc) is 3.03. The minimum Gasteiger partial charge on any atom is -0.465 e. The van der Waals surface area contributed by atoms with Crippen LogP contribution in [0.4, 0.5) is 4.39 Å². The lowest BCUT2D eigenvalue weighted by molar-refractivity contribution is -0.147. The predicted octanol–water partition coefficient (Wildman–Crippen LogP) is 3.36. The molecule has 150 valence electrons. The molecule has 5 nitrogen and oxygen atoms in total. The number of hydrogen-bond donors (Lipinski definition) is 0. The maximum absolute atomic E-state index is 13.4. The van der Waals surface area contributed by atoms with Crippen LogP contribution in [0.15, 0.2) is 12.1 Å². The van der Waals surface area contributed by atoms with Crippen LogP contribution in [-0.2, 0) is 14.3 Å². The van der Waals surface area contributed by atoms with E-state index in [-0.39, 0.29) is 29.0 Å². The van der Waals surface area contributed by atoms with Crippen LogP contribution in [0.3, 0.4) is 0 Å². The molecule has 1 amide bonds. The molecule has 1 aromatic rings. The van der Waals surface area contributed by atoms with Crippen LogP contribution in [0.25, 0.3) is 0 Å². The fourth-order valence-electron chi connectivity index (χ4n) is 5.92. The first-order valence-corrected chi connectivity index (χ1v) is 10.4. The van der Waals surface area contributed by atoms with Crippen LogP contribution in [0.5, 0.6) is 0 Å². The number of carbonyl (C=O) groups excluding carboxylic acids is 2. The number of likely N-dealkylation sites (tertiary alicyclic amines) is 1. The van der Waals surface area contributed by atoms with Gasteiger partial charge in [-0.3, -0.25) is 14.6 Å². The van der Waals surface area contributed by atoms with Gasteiger partial charge in [-0.1, -0.05) is 0 Å². The van der Waals surface area contributed by atoms with Gasteiger partial charge in [0.15, 0.2) is 0 Å². The van der Waals surface area contributed by atoms with Crippen LogP contribution in [0, 0.1) is 29.5 Å². The van der Waals surface area contributed by atoms with Crippen molar-refractivity contribution in [3.8, 4) is 0 Å². The van der Waals surface area contributed by atoms with Gasteiger partial charge >= 0.3 is 5.97 Å². The zero-order valence-electron chi connectivity index (χ0n) is 16.4. The topological polar surface area (TPSA) is 59.5 Å². The van der Waals surface area contributed by atoms with Gasteiger partial charge in [0.05, 0.1) is 18.7 Å². The second-order valence-electron chi connectivity index (χ2n) is 9.68. The monoisotopic (exact) mass is 386 g/mol. The Morgan fingerprint density at radius 3 is 2.50 bits per heavy atom. The van der Waals surface area contributed by atoms with E-state index in [1.54, 1.807) is 6.92 Å². The van der Waals surface area contributed by atoms with Crippen molar-refractivity contribution in [2.24, 2.45) is 16.7 Å². The summed E-state index contributed by atoms with van der Waals surface area (Å²) in [7, 11) is 0. The van der Waals surface area contributed by atoms with E-state index in [1.165, 1.54) is 6.07 Å². The summed E-state index contributed by atoms with van der Waals surface area (Å²) < 4.78 is 18.5. The third-order valence-electron chi connectivity index (χ3n) is 7.72. The number of carbonyl (C=O) groups is 2. The Bertz CT molecular complexity index is 817. The van der Waals surface area contributed by atoms with E-state index < -0.39 is 0 Å². The SMILES string of the molecule is Cc1nc(C2CC3(CCN(C(=O)C4CC5(COC(=O)C5)C4)CC3)C2)ccc1F. The average molecular weight is 386 g/mol. The quantitative estimate of drug-likeness (QED) is 0.732. The van der Waals surface area contributed by atoms with Gasteiger partial charge in [-0.05, 0) is 63.0 Å². The fraction of sp³-hybridized carbons (Fsp3) is 0.682. The van der Waals surface area contributed by atoms with E-state index in [9.17, 15) is 14.0 Å². The van der Waals surface area contributed by atoms with Gasteiger partial charge in [-0.15, -0.1) is 0 Å². The minimum atomic E-state index is -0.240. The largest absolute Gasteiger partial charge is 0.465 e. The molecule has 0 atom stereocenters. The van der Waals surface area contributed by atoms with E-state index in [4.69, 9.17) is 4.74 Å². The highest BCUT2D eigenvalue weighted by Crippen LogP contribution is 2.57. The van der Waals surface area contributed by atoms with Crippen molar-refractivity contribution < 1.29 is 18.7 Å². The molecule has 1 aromatic heterocycles. The first-order valence-electron chi connectivity index (χ1n) is 10.4. The summed E-state index contributed by atoms with van der Waals surface area (Å²) in [6, 6.07) is 3.35. The van der Waals surface area contributed by atoms with Crippen LogP contribution in [0.1, 0.15) is 62.3 Å². The van der Waals surface area contributed by atoms with Crippen molar-refractivity contribution in [2.75, 3.05) is 19.7 Å². The van der Waals surface area contributed by atoms with Gasteiger partial charge in [0.2, 0.25) is 5.91 Å². The van der Waals surface area contributed by atoms with Crippen molar-refractivity contribution in [2.45, 2.75) is 57.8 Å². The number of aromatic nitrogens is 1. The van der Waals surface area contributed by atoms with E-state index in [2.05, 4.69) is 4.98 Å². The maximum atomic E-state index is 13.4. The van der Waals surface area contributed by atoms with E-state index in [0.29, 0.717) is 30.1 Å². The number of amides is 1. The van der Waals surface area contributed by atoms with Gasteiger partial charge in [0.25, 0.3) is 0 Å². The minimum absolute atomic E-state index is 0.0457. The molecule has 28 heavy (non-hydrogen) atoms. The second kappa shape index (κ2) is 6.26. The van der Waals surface area contributed by atoms with Crippen LogP contribution in [-0.4, -0.2) is 41.5 Å². The Hall–Kier alpha value is -1.98. The molecule has 0 radical (unpaired) electrons. The molecule has 2 saturated carbocycles. The maximum Gasteiger partial charge on any atom is 0.306 e. The normalized spacial score (nSPS) is 28.1. The lowest BCUT2D eigenvalue weighted by atomic mass is 9.56. The van der Waals surface area contributed by atoms with Crippen LogP contribution < -0.4 is 0 Å². The molecule has 4 aliphatic rings. The molecule has 6 heteroatoms. The highest BCUT2D eigenvalue weighted by molar-refractivity contribution is 5.81. The Morgan fingerprint density at radius 2 is 1.89 bits per heavy atom. The number of esters is 1. The third kappa shape index (κ3) is 2.92. The van der Waals surface area contributed by atoms with E-state index in [0.717, 1.165) is 57.3 Å². The summed E-state index contributed by atoms with van der Waals surface area (Å²) in [6.07, 6.45) is 6.38. The van der Waals surface area contributed by atoms with Crippen molar-refractivity contribution in [1.29, 1.82) is 0 Å². The summed E-state index contributed by atoms with van der Waals surface area (Å²) in [5.74, 6) is 0.413. The second-order valence-corrected chi connectivity index (χ2v) is 9.68. The highest BCUT2D eigenvalue weighted by atomic mass is 19.1. The Kier molecular flexibility index (Phi) is 4.04. The smallest absolute Gasteiger partial charge is 0.306 e. The summed E-state index contributed by atoms with van der Waals surface area (Å²) >= 11 is 0. The Labute approximate surface area is 164 Å². The summed E-state index contributed by atoms with van der Waals surface area (Å²) in [6.45, 7) is 3.88. The van der Waals surface area contributed by atoms with Gasteiger partial charge in [0.1, 0.15) is 5.82 Å². The third-order valence-corrected chi connectivity index (χ3v) is 7.72.